The standard InChI is InChI=1S/C11H10Br2N2/c1-2-9-10(13)11(15-14-9)7-4-3-5-8(12)6-7/h3-6H,2H2,1H3,(H,14,15). The lowest BCUT2D eigenvalue weighted by atomic mass is 10.1. The number of nitrogens with zero attached hydrogens (tertiary/aromatic N) is 1. The molecule has 0 saturated heterocycles. The Balaban J connectivity index is 2.49. The molecular formula is C11H10Br2N2. The summed E-state index contributed by atoms with van der Waals surface area (Å²) in [6.45, 7) is 2.10. The Morgan fingerprint density at radius 3 is 2.73 bits per heavy atom. The van der Waals surface area contributed by atoms with Crippen molar-refractivity contribution >= 4 is 31.9 Å². The van der Waals surface area contributed by atoms with Gasteiger partial charge in [-0.15, -0.1) is 0 Å². The zero-order valence-corrected chi connectivity index (χ0v) is 11.4. The second-order valence-electron chi connectivity index (χ2n) is 3.23. The van der Waals surface area contributed by atoms with Gasteiger partial charge in [-0.25, -0.2) is 0 Å². The zero-order chi connectivity index (χ0) is 10.8. The fraction of sp³-hybridized carbons (Fsp3) is 0.182. The van der Waals surface area contributed by atoms with E-state index in [2.05, 4.69) is 55.0 Å². The van der Waals surface area contributed by atoms with Crippen molar-refractivity contribution in [1.29, 1.82) is 0 Å². The van der Waals surface area contributed by atoms with Crippen LogP contribution in [0.25, 0.3) is 11.3 Å². The lowest BCUT2D eigenvalue weighted by Gasteiger charge is -1.98. The quantitative estimate of drug-likeness (QED) is 0.880. The van der Waals surface area contributed by atoms with Crippen molar-refractivity contribution in [2.45, 2.75) is 13.3 Å². The maximum Gasteiger partial charge on any atom is 0.107 e. The molecule has 2 nitrogen and oxygen atoms in total. The van der Waals surface area contributed by atoms with Gasteiger partial charge >= 0.3 is 0 Å². The van der Waals surface area contributed by atoms with Crippen molar-refractivity contribution in [1.82, 2.24) is 10.2 Å². The third kappa shape index (κ3) is 2.16. The van der Waals surface area contributed by atoms with E-state index in [4.69, 9.17) is 0 Å². The predicted octanol–water partition coefficient (Wildman–Crippen LogP) is 4.16. The van der Waals surface area contributed by atoms with Crippen molar-refractivity contribution in [2.24, 2.45) is 0 Å². The minimum absolute atomic E-state index is 0.946. The largest absolute Gasteiger partial charge is 0.281 e. The van der Waals surface area contributed by atoms with Crippen LogP contribution in [-0.2, 0) is 6.42 Å². The van der Waals surface area contributed by atoms with Gasteiger partial charge in [-0.05, 0) is 34.5 Å². The molecular weight excluding hydrogens is 320 g/mol. The van der Waals surface area contributed by atoms with Crippen LogP contribution in [-0.4, -0.2) is 10.2 Å². The highest BCUT2D eigenvalue weighted by atomic mass is 79.9. The van der Waals surface area contributed by atoms with Crippen molar-refractivity contribution in [3.63, 3.8) is 0 Å². The van der Waals surface area contributed by atoms with Crippen LogP contribution in [0.2, 0.25) is 0 Å². The number of halogens is 2. The van der Waals surface area contributed by atoms with E-state index in [0.29, 0.717) is 0 Å². The molecule has 0 spiro atoms. The minimum Gasteiger partial charge on any atom is -0.281 e. The van der Waals surface area contributed by atoms with E-state index >= 15 is 0 Å². The van der Waals surface area contributed by atoms with Gasteiger partial charge in [0.25, 0.3) is 0 Å². The monoisotopic (exact) mass is 328 g/mol. The van der Waals surface area contributed by atoms with Crippen LogP contribution < -0.4 is 0 Å². The first-order valence-corrected chi connectivity index (χ1v) is 6.29. The van der Waals surface area contributed by atoms with Crippen LogP contribution in [0.5, 0.6) is 0 Å². The molecule has 1 heterocycles. The highest BCUT2D eigenvalue weighted by molar-refractivity contribution is 9.11. The van der Waals surface area contributed by atoms with Crippen molar-refractivity contribution in [2.75, 3.05) is 0 Å². The highest BCUT2D eigenvalue weighted by Crippen LogP contribution is 2.30. The summed E-state index contributed by atoms with van der Waals surface area (Å²) in [5.41, 5.74) is 3.20. The van der Waals surface area contributed by atoms with E-state index in [1.807, 2.05) is 18.2 Å². The second-order valence-corrected chi connectivity index (χ2v) is 4.94. The van der Waals surface area contributed by atoms with Crippen LogP contribution in [0.4, 0.5) is 0 Å². The molecule has 0 saturated carbocycles. The van der Waals surface area contributed by atoms with Crippen LogP contribution in [0.15, 0.2) is 33.2 Å². The zero-order valence-electron chi connectivity index (χ0n) is 8.22. The Morgan fingerprint density at radius 1 is 1.33 bits per heavy atom. The number of rotatable bonds is 2. The maximum absolute atomic E-state index is 4.31. The molecule has 1 aromatic carbocycles. The molecule has 1 N–H and O–H groups in total. The molecule has 0 aliphatic rings. The fourth-order valence-electron chi connectivity index (χ4n) is 1.43. The van der Waals surface area contributed by atoms with Gasteiger partial charge in [0, 0.05) is 15.7 Å². The van der Waals surface area contributed by atoms with Gasteiger partial charge in [0.1, 0.15) is 5.69 Å². The maximum atomic E-state index is 4.31. The summed E-state index contributed by atoms with van der Waals surface area (Å²) in [6.07, 6.45) is 0.946. The SMILES string of the molecule is CCc1[nH]nc(-c2cccc(Br)c2)c1Br. The summed E-state index contributed by atoms with van der Waals surface area (Å²) in [5, 5.41) is 7.33. The Hall–Kier alpha value is -0.610. The average Bonchev–Trinajstić information content (AvgIpc) is 2.59. The molecule has 0 amide bonds. The van der Waals surface area contributed by atoms with Gasteiger partial charge in [-0.1, -0.05) is 35.0 Å². The van der Waals surface area contributed by atoms with Gasteiger partial charge in [0.05, 0.1) is 4.47 Å². The first kappa shape index (κ1) is 10.9. The van der Waals surface area contributed by atoms with E-state index in [-0.39, 0.29) is 0 Å². The van der Waals surface area contributed by atoms with Crippen molar-refractivity contribution < 1.29 is 0 Å². The fourth-order valence-corrected chi connectivity index (χ4v) is 2.51. The molecule has 0 aliphatic carbocycles. The Labute approximate surface area is 105 Å². The summed E-state index contributed by atoms with van der Waals surface area (Å²) < 4.78 is 2.12. The van der Waals surface area contributed by atoms with E-state index < -0.39 is 0 Å². The molecule has 0 unspecified atom stereocenters. The van der Waals surface area contributed by atoms with E-state index in [0.717, 1.165) is 32.3 Å². The predicted molar refractivity (Wildman–Crippen MR) is 68.8 cm³/mol. The van der Waals surface area contributed by atoms with Gasteiger partial charge in [0.2, 0.25) is 0 Å². The number of benzene rings is 1. The minimum atomic E-state index is 0.946. The first-order valence-electron chi connectivity index (χ1n) is 4.71. The van der Waals surface area contributed by atoms with E-state index in [1.54, 1.807) is 0 Å². The molecule has 0 aliphatic heterocycles. The molecule has 0 radical (unpaired) electrons. The van der Waals surface area contributed by atoms with E-state index in [9.17, 15) is 0 Å². The molecule has 2 rings (SSSR count). The number of hydrogen-bond acceptors (Lipinski definition) is 1. The lowest BCUT2D eigenvalue weighted by Crippen LogP contribution is -1.79. The number of H-pyrrole nitrogens is 1. The van der Waals surface area contributed by atoms with Gasteiger partial charge in [0.15, 0.2) is 0 Å². The molecule has 78 valence electrons. The summed E-state index contributed by atoms with van der Waals surface area (Å²) in [4.78, 5) is 0. The molecule has 0 fully saturated rings. The van der Waals surface area contributed by atoms with Gasteiger partial charge in [-0.2, -0.15) is 5.10 Å². The summed E-state index contributed by atoms with van der Waals surface area (Å²) in [5.74, 6) is 0. The molecule has 15 heavy (non-hydrogen) atoms. The molecule has 4 heteroatoms. The van der Waals surface area contributed by atoms with Crippen LogP contribution in [0.3, 0.4) is 0 Å². The Kier molecular flexibility index (Phi) is 3.26. The highest BCUT2D eigenvalue weighted by Gasteiger charge is 2.10. The Morgan fingerprint density at radius 2 is 2.13 bits per heavy atom. The molecule has 0 bridgehead atoms. The molecule has 2 aromatic rings. The molecule has 1 aromatic heterocycles. The molecule has 0 atom stereocenters. The number of hydrogen-bond donors (Lipinski definition) is 1. The van der Waals surface area contributed by atoms with Crippen molar-refractivity contribution in [3.05, 3.63) is 38.9 Å². The average molecular weight is 330 g/mol. The first-order chi connectivity index (χ1) is 7.22. The smallest absolute Gasteiger partial charge is 0.107 e. The topological polar surface area (TPSA) is 28.7 Å². The number of aryl methyl sites for hydroxylation is 1. The number of aromatic nitrogens is 2. The third-order valence-corrected chi connectivity index (χ3v) is 3.57. The van der Waals surface area contributed by atoms with Crippen LogP contribution in [0.1, 0.15) is 12.6 Å². The van der Waals surface area contributed by atoms with Crippen molar-refractivity contribution in [3.8, 4) is 11.3 Å². The third-order valence-electron chi connectivity index (χ3n) is 2.23. The van der Waals surface area contributed by atoms with E-state index in [1.165, 1.54) is 0 Å². The summed E-state index contributed by atoms with van der Waals surface area (Å²) >= 11 is 7.02. The Bertz CT molecular complexity index is 477. The van der Waals surface area contributed by atoms with Gasteiger partial charge in [-0.3, -0.25) is 5.10 Å². The summed E-state index contributed by atoms with van der Waals surface area (Å²) in [7, 11) is 0. The normalized spacial score (nSPS) is 10.6. The number of aromatic amines is 1. The van der Waals surface area contributed by atoms with Crippen LogP contribution >= 0.6 is 31.9 Å². The van der Waals surface area contributed by atoms with Gasteiger partial charge < -0.3 is 0 Å². The lowest BCUT2D eigenvalue weighted by molar-refractivity contribution is 0.973. The second kappa shape index (κ2) is 4.49. The van der Waals surface area contributed by atoms with Crippen LogP contribution in [0, 0.1) is 0 Å². The number of nitrogens with one attached hydrogen (secondary N) is 1. The summed E-state index contributed by atoms with van der Waals surface area (Å²) in [6, 6.07) is 8.11.